The summed E-state index contributed by atoms with van der Waals surface area (Å²) in [5, 5.41) is 3.58. The first-order chi connectivity index (χ1) is 11.6. The van der Waals surface area contributed by atoms with Gasteiger partial charge in [-0.3, -0.25) is 9.78 Å². The molecule has 1 unspecified atom stereocenters. The van der Waals surface area contributed by atoms with Crippen LogP contribution < -0.4 is 10.9 Å². The molecule has 1 amide bonds. The summed E-state index contributed by atoms with van der Waals surface area (Å²) in [6.07, 6.45) is 0.668. The molecule has 0 aliphatic rings. The zero-order valence-corrected chi connectivity index (χ0v) is 13.6. The van der Waals surface area contributed by atoms with Gasteiger partial charge in [0.2, 0.25) is 0 Å². The second-order valence-corrected chi connectivity index (χ2v) is 5.62. The van der Waals surface area contributed by atoms with Crippen molar-refractivity contribution in [3.8, 4) is 0 Å². The fraction of sp³-hybridized carbons (Fsp3) is 0.211. The van der Waals surface area contributed by atoms with E-state index < -0.39 is 11.5 Å². The maximum absolute atomic E-state index is 12.5. The second-order valence-electron chi connectivity index (χ2n) is 5.62. The molecule has 5 nitrogen and oxygen atoms in total. The normalized spacial score (nSPS) is 12.1. The lowest BCUT2D eigenvalue weighted by Crippen LogP contribution is -2.32. The zero-order valence-electron chi connectivity index (χ0n) is 13.6. The predicted octanol–water partition coefficient (Wildman–Crippen LogP) is 3.38. The molecule has 3 aromatic rings. The Hall–Kier alpha value is -2.95. The van der Waals surface area contributed by atoms with E-state index in [1.54, 1.807) is 24.3 Å². The Morgan fingerprint density at radius 3 is 2.75 bits per heavy atom. The molecule has 0 saturated carbocycles. The van der Waals surface area contributed by atoms with Crippen LogP contribution in [-0.2, 0) is 0 Å². The molecule has 0 saturated heterocycles. The molecular formula is C19H18N2O3. The molecule has 1 aromatic carbocycles. The van der Waals surface area contributed by atoms with Crippen LogP contribution in [0.25, 0.3) is 11.0 Å². The van der Waals surface area contributed by atoms with Crippen LogP contribution in [0.5, 0.6) is 0 Å². The Balaban J connectivity index is 1.91. The van der Waals surface area contributed by atoms with Gasteiger partial charge >= 0.3 is 5.63 Å². The van der Waals surface area contributed by atoms with Crippen molar-refractivity contribution >= 4 is 16.9 Å². The van der Waals surface area contributed by atoms with E-state index in [2.05, 4.69) is 10.3 Å². The maximum atomic E-state index is 12.5. The van der Waals surface area contributed by atoms with Crippen molar-refractivity contribution in [3.05, 3.63) is 75.9 Å². The summed E-state index contributed by atoms with van der Waals surface area (Å²) in [7, 11) is 0. The van der Waals surface area contributed by atoms with Crippen molar-refractivity contribution in [2.24, 2.45) is 0 Å². The number of nitrogens with zero attached hydrogens (tertiary/aromatic N) is 1. The van der Waals surface area contributed by atoms with E-state index in [1.807, 2.05) is 38.1 Å². The van der Waals surface area contributed by atoms with Gasteiger partial charge in [-0.05, 0) is 37.6 Å². The summed E-state index contributed by atoms with van der Waals surface area (Å²) >= 11 is 0. The molecule has 0 aliphatic carbocycles. The number of pyridine rings is 1. The predicted molar refractivity (Wildman–Crippen MR) is 92.0 cm³/mol. The van der Waals surface area contributed by atoms with E-state index in [0.29, 0.717) is 17.4 Å². The quantitative estimate of drug-likeness (QED) is 0.747. The number of rotatable bonds is 4. The van der Waals surface area contributed by atoms with Crippen molar-refractivity contribution in [3.63, 3.8) is 0 Å². The van der Waals surface area contributed by atoms with Crippen LogP contribution in [0.2, 0.25) is 0 Å². The average Bonchev–Trinajstić information content (AvgIpc) is 2.58. The molecule has 1 N–H and O–H groups in total. The smallest absolute Gasteiger partial charge is 0.349 e. The summed E-state index contributed by atoms with van der Waals surface area (Å²) in [6, 6.07) is 14.1. The number of hydrogen-bond acceptors (Lipinski definition) is 4. The largest absolute Gasteiger partial charge is 0.422 e. The molecule has 0 radical (unpaired) electrons. The van der Waals surface area contributed by atoms with Crippen molar-refractivity contribution in [1.82, 2.24) is 10.3 Å². The molecule has 0 aliphatic heterocycles. The number of nitrogens with one attached hydrogen (secondary N) is 1. The number of fused-ring (bicyclic) bond motifs is 1. The van der Waals surface area contributed by atoms with Crippen molar-refractivity contribution < 1.29 is 9.21 Å². The van der Waals surface area contributed by atoms with Crippen molar-refractivity contribution in [2.45, 2.75) is 26.3 Å². The minimum Gasteiger partial charge on any atom is -0.422 e. The first-order valence-electron chi connectivity index (χ1n) is 7.86. The van der Waals surface area contributed by atoms with Crippen LogP contribution in [-0.4, -0.2) is 10.9 Å². The fourth-order valence-electron chi connectivity index (χ4n) is 2.60. The van der Waals surface area contributed by atoms with E-state index in [-0.39, 0.29) is 11.6 Å². The number of aromatic nitrogens is 1. The van der Waals surface area contributed by atoms with Gasteiger partial charge in [0.15, 0.2) is 0 Å². The summed E-state index contributed by atoms with van der Waals surface area (Å²) in [5.74, 6) is -0.454. The first kappa shape index (κ1) is 15.9. The molecule has 5 heteroatoms. The number of benzene rings is 1. The Kier molecular flexibility index (Phi) is 4.42. The number of aryl methyl sites for hydroxylation is 1. The second kappa shape index (κ2) is 6.66. The van der Waals surface area contributed by atoms with Crippen molar-refractivity contribution in [1.29, 1.82) is 0 Å². The van der Waals surface area contributed by atoms with Gasteiger partial charge < -0.3 is 9.73 Å². The van der Waals surface area contributed by atoms with Crippen LogP contribution in [0, 0.1) is 6.92 Å². The SMILES string of the molecule is CCC(NC(=O)c1cc2ccccc2oc1=O)c1cccc(C)n1. The molecule has 3 rings (SSSR count). The van der Waals surface area contributed by atoms with Gasteiger partial charge in [0.1, 0.15) is 11.1 Å². The highest BCUT2D eigenvalue weighted by atomic mass is 16.4. The van der Waals surface area contributed by atoms with Gasteiger partial charge in [-0.15, -0.1) is 0 Å². The van der Waals surface area contributed by atoms with Crippen LogP contribution in [0.1, 0.15) is 41.1 Å². The molecule has 2 aromatic heterocycles. The maximum Gasteiger partial charge on any atom is 0.349 e. The Bertz CT molecular complexity index is 946. The summed E-state index contributed by atoms with van der Waals surface area (Å²) in [6.45, 7) is 3.85. The van der Waals surface area contributed by atoms with Crippen LogP contribution in [0.4, 0.5) is 0 Å². The summed E-state index contributed by atoms with van der Waals surface area (Å²) in [4.78, 5) is 29.1. The highest BCUT2D eigenvalue weighted by Gasteiger charge is 2.19. The Labute approximate surface area is 139 Å². The molecule has 0 spiro atoms. The molecule has 24 heavy (non-hydrogen) atoms. The molecule has 122 valence electrons. The summed E-state index contributed by atoms with van der Waals surface area (Å²) < 4.78 is 5.22. The van der Waals surface area contributed by atoms with Crippen molar-refractivity contribution in [2.75, 3.05) is 0 Å². The lowest BCUT2D eigenvalue weighted by molar-refractivity contribution is 0.0931. The van der Waals surface area contributed by atoms with Gasteiger partial charge in [-0.2, -0.15) is 0 Å². The number of amides is 1. The molecule has 1 atom stereocenters. The Morgan fingerprint density at radius 2 is 2.00 bits per heavy atom. The van der Waals surface area contributed by atoms with E-state index >= 15 is 0 Å². The minimum absolute atomic E-state index is 0.000182. The third-order valence-electron chi connectivity index (χ3n) is 3.87. The minimum atomic E-state index is -0.641. The van der Waals surface area contributed by atoms with E-state index in [4.69, 9.17) is 4.42 Å². The fourth-order valence-corrected chi connectivity index (χ4v) is 2.60. The molecule has 0 fully saturated rings. The standard InChI is InChI=1S/C19H18N2O3/c1-3-15(16-9-6-7-12(2)20-16)21-18(22)14-11-13-8-4-5-10-17(13)24-19(14)23/h4-11,15H,3H2,1-2H3,(H,21,22). The Morgan fingerprint density at radius 1 is 1.21 bits per heavy atom. The summed E-state index contributed by atoms with van der Waals surface area (Å²) in [5.41, 5.74) is 1.48. The third kappa shape index (κ3) is 3.20. The van der Waals surface area contributed by atoms with Gasteiger partial charge in [0, 0.05) is 11.1 Å². The number of carbonyl (C=O) groups is 1. The van der Waals surface area contributed by atoms with Gasteiger partial charge in [0.05, 0.1) is 11.7 Å². The van der Waals surface area contributed by atoms with E-state index in [1.165, 1.54) is 0 Å². The van der Waals surface area contributed by atoms with Crippen LogP contribution in [0.15, 0.2) is 57.7 Å². The number of para-hydroxylation sites is 1. The van der Waals surface area contributed by atoms with Gasteiger partial charge in [0.25, 0.3) is 5.91 Å². The number of hydrogen-bond donors (Lipinski definition) is 1. The van der Waals surface area contributed by atoms with Gasteiger partial charge in [-0.25, -0.2) is 4.79 Å². The highest BCUT2D eigenvalue weighted by molar-refractivity contribution is 5.96. The zero-order chi connectivity index (χ0) is 17.1. The molecule has 0 bridgehead atoms. The van der Waals surface area contributed by atoms with Gasteiger partial charge in [-0.1, -0.05) is 31.2 Å². The third-order valence-corrected chi connectivity index (χ3v) is 3.87. The molecule has 2 heterocycles. The van der Waals surface area contributed by atoms with E-state index in [0.717, 1.165) is 11.4 Å². The van der Waals surface area contributed by atoms with Crippen LogP contribution >= 0.6 is 0 Å². The molecular weight excluding hydrogens is 304 g/mol. The van der Waals surface area contributed by atoms with E-state index in [9.17, 15) is 9.59 Å². The van der Waals surface area contributed by atoms with Crippen LogP contribution in [0.3, 0.4) is 0 Å². The lowest BCUT2D eigenvalue weighted by Gasteiger charge is -2.16. The number of carbonyl (C=O) groups excluding carboxylic acids is 1. The lowest BCUT2D eigenvalue weighted by atomic mass is 10.1. The average molecular weight is 322 g/mol. The highest BCUT2D eigenvalue weighted by Crippen LogP contribution is 2.17. The first-order valence-corrected chi connectivity index (χ1v) is 7.86. The topological polar surface area (TPSA) is 72.2 Å². The monoisotopic (exact) mass is 322 g/mol.